The molecule has 0 bridgehead atoms. The Kier molecular flexibility index (Phi) is 3.53. The Labute approximate surface area is 95.0 Å². The van der Waals surface area contributed by atoms with Gasteiger partial charge in [-0.15, -0.1) is 0 Å². The van der Waals surface area contributed by atoms with Crippen molar-refractivity contribution in [2.45, 2.75) is 19.2 Å². The average Bonchev–Trinajstić information content (AvgIpc) is 2.23. The number of benzene rings is 1. The van der Waals surface area contributed by atoms with E-state index >= 15 is 0 Å². The van der Waals surface area contributed by atoms with Gasteiger partial charge in [-0.3, -0.25) is 4.90 Å². The highest BCUT2D eigenvalue weighted by Crippen LogP contribution is 2.19. The zero-order chi connectivity index (χ0) is 11.5. The summed E-state index contributed by atoms with van der Waals surface area (Å²) in [6.07, 6.45) is 0.329. The lowest BCUT2D eigenvalue weighted by atomic mass is 10.0. The molecule has 0 unspecified atom stereocenters. The molecule has 2 N–H and O–H groups in total. The van der Waals surface area contributed by atoms with E-state index < -0.39 is 0 Å². The number of nitrogens with zero attached hydrogens (tertiary/aromatic N) is 1. The highest BCUT2D eigenvalue weighted by molar-refractivity contribution is 5.28. The van der Waals surface area contributed by atoms with Gasteiger partial charge in [0.1, 0.15) is 5.82 Å². The summed E-state index contributed by atoms with van der Waals surface area (Å²) in [7, 11) is 1.72. The van der Waals surface area contributed by atoms with E-state index in [1.165, 1.54) is 6.07 Å². The smallest absolute Gasteiger partial charge is 0.128 e. The van der Waals surface area contributed by atoms with Gasteiger partial charge in [-0.2, -0.15) is 0 Å². The molecular formula is C12H17FN2O. The monoisotopic (exact) mass is 224 g/mol. The number of likely N-dealkylation sites (tertiary alicyclic amines) is 1. The van der Waals surface area contributed by atoms with Gasteiger partial charge < -0.3 is 10.5 Å². The number of halogens is 1. The molecule has 16 heavy (non-hydrogen) atoms. The molecule has 0 aliphatic carbocycles. The van der Waals surface area contributed by atoms with Crippen LogP contribution < -0.4 is 5.73 Å². The first-order chi connectivity index (χ1) is 7.74. The number of ether oxygens (including phenoxy) is 1. The molecule has 0 saturated carbocycles. The molecule has 0 atom stereocenters. The SMILES string of the molecule is COC1CN(Cc2cccc(F)c2CN)C1. The summed E-state index contributed by atoms with van der Waals surface area (Å²) in [5.74, 6) is -0.205. The predicted octanol–water partition coefficient (Wildman–Crippen LogP) is 1.12. The van der Waals surface area contributed by atoms with Gasteiger partial charge in [0, 0.05) is 38.9 Å². The molecule has 1 aliphatic rings. The third-order valence-electron chi connectivity index (χ3n) is 3.07. The van der Waals surface area contributed by atoms with Crippen molar-refractivity contribution in [2.75, 3.05) is 20.2 Å². The number of rotatable bonds is 4. The molecule has 0 radical (unpaired) electrons. The summed E-state index contributed by atoms with van der Waals surface area (Å²) in [6.45, 7) is 2.84. The van der Waals surface area contributed by atoms with Crippen molar-refractivity contribution >= 4 is 0 Å². The van der Waals surface area contributed by atoms with E-state index in [2.05, 4.69) is 4.90 Å². The van der Waals surface area contributed by atoms with Crippen LogP contribution in [0.5, 0.6) is 0 Å². The van der Waals surface area contributed by atoms with Gasteiger partial charge in [0.15, 0.2) is 0 Å². The molecule has 0 amide bonds. The summed E-state index contributed by atoms with van der Waals surface area (Å²) in [4.78, 5) is 2.22. The fourth-order valence-corrected chi connectivity index (χ4v) is 2.02. The lowest BCUT2D eigenvalue weighted by Crippen LogP contribution is -2.51. The lowest BCUT2D eigenvalue weighted by molar-refractivity contribution is -0.0335. The van der Waals surface area contributed by atoms with Crippen molar-refractivity contribution in [3.63, 3.8) is 0 Å². The van der Waals surface area contributed by atoms with Crippen LogP contribution in [0.1, 0.15) is 11.1 Å². The zero-order valence-corrected chi connectivity index (χ0v) is 9.45. The second-order valence-corrected chi connectivity index (χ2v) is 4.13. The van der Waals surface area contributed by atoms with Gasteiger partial charge >= 0.3 is 0 Å². The Morgan fingerprint density at radius 3 is 2.88 bits per heavy atom. The Morgan fingerprint density at radius 2 is 2.25 bits per heavy atom. The first-order valence-corrected chi connectivity index (χ1v) is 5.46. The van der Waals surface area contributed by atoms with Gasteiger partial charge in [0.2, 0.25) is 0 Å². The maximum atomic E-state index is 13.4. The van der Waals surface area contributed by atoms with Crippen molar-refractivity contribution in [1.29, 1.82) is 0 Å². The Balaban J connectivity index is 2.02. The van der Waals surface area contributed by atoms with E-state index in [0.717, 1.165) is 25.2 Å². The van der Waals surface area contributed by atoms with E-state index in [1.807, 2.05) is 6.07 Å². The molecule has 3 nitrogen and oxygen atoms in total. The molecule has 1 aliphatic heterocycles. The first kappa shape index (κ1) is 11.5. The predicted molar refractivity (Wildman–Crippen MR) is 60.4 cm³/mol. The third-order valence-corrected chi connectivity index (χ3v) is 3.07. The molecule has 88 valence electrons. The maximum Gasteiger partial charge on any atom is 0.128 e. The highest BCUT2D eigenvalue weighted by Gasteiger charge is 2.26. The van der Waals surface area contributed by atoms with E-state index in [0.29, 0.717) is 11.7 Å². The minimum atomic E-state index is -0.205. The normalized spacial score (nSPS) is 17.4. The van der Waals surface area contributed by atoms with E-state index in [1.54, 1.807) is 13.2 Å². The molecule has 4 heteroatoms. The van der Waals surface area contributed by atoms with E-state index in [-0.39, 0.29) is 12.4 Å². The number of nitrogens with two attached hydrogens (primary N) is 1. The summed E-state index contributed by atoms with van der Waals surface area (Å²) in [5, 5.41) is 0. The Morgan fingerprint density at radius 1 is 1.50 bits per heavy atom. The van der Waals surface area contributed by atoms with Crippen LogP contribution in [0.2, 0.25) is 0 Å². The topological polar surface area (TPSA) is 38.5 Å². The third kappa shape index (κ3) is 2.24. The molecule has 1 aromatic carbocycles. The van der Waals surface area contributed by atoms with E-state index in [4.69, 9.17) is 10.5 Å². The quantitative estimate of drug-likeness (QED) is 0.832. The molecule has 0 aromatic heterocycles. The van der Waals surface area contributed by atoms with Crippen LogP contribution in [-0.2, 0) is 17.8 Å². The Bertz CT molecular complexity index is 364. The number of methoxy groups -OCH3 is 1. The van der Waals surface area contributed by atoms with Crippen molar-refractivity contribution in [2.24, 2.45) is 5.73 Å². The number of hydrogen-bond acceptors (Lipinski definition) is 3. The van der Waals surface area contributed by atoms with Crippen LogP contribution >= 0.6 is 0 Å². The van der Waals surface area contributed by atoms with Crippen molar-refractivity contribution in [3.8, 4) is 0 Å². The summed E-state index contributed by atoms with van der Waals surface area (Å²) in [6, 6.07) is 5.13. The van der Waals surface area contributed by atoms with Crippen molar-refractivity contribution in [3.05, 3.63) is 35.1 Å². The van der Waals surface area contributed by atoms with Crippen LogP contribution in [0.4, 0.5) is 4.39 Å². The van der Waals surface area contributed by atoms with Gasteiger partial charge in [-0.1, -0.05) is 12.1 Å². The standard InChI is InChI=1S/C12H17FN2O/c1-16-10-7-15(8-10)6-9-3-2-4-12(13)11(9)5-14/h2-4,10H,5-8,14H2,1H3. The van der Waals surface area contributed by atoms with E-state index in [9.17, 15) is 4.39 Å². The zero-order valence-electron chi connectivity index (χ0n) is 9.45. The molecule has 0 spiro atoms. The molecular weight excluding hydrogens is 207 g/mol. The minimum absolute atomic E-state index is 0.205. The first-order valence-electron chi connectivity index (χ1n) is 5.46. The molecule has 1 saturated heterocycles. The van der Waals surface area contributed by atoms with Gasteiger partial charge in [-0.25, -0.2) is 4.39 Å². The molecule has 1 aromatic rings. The maximum absolute atomic E-state index is 13.4. The van der Waals surface area contributed by atoms with Gasteiger partial charge in [0.05, 0.1) is 6.10 Å². The second kappa shape index (κ2) is 4.91. The fraction of sp³-hybridized carbons (Fsp3) is 0.500. The van der Waals surface area contributed by atoms with Crippen molar-refractivity contribution < 1.29 is 9.13 Å². The van der Waals surface area contributed by atoms with Crippen molar-refractivity contribution in [1.82, 2.24) is 4.90 Å². The summed E-state index contributed by atoms with van der Waals surface area (Å²) >= 11 is 0. The lowest BCUT2D eigenvalue weighted by Gasteiger charge is -2.38. The molecule has 2 rings (SSSR count). The van der Waals surface area contributed by atoms with Gasteiger partial charge in [0.25, 0.3) is 0 Å². The molecule has 1 heterocycles. The Hall–Kier alpha value is -0.970. The summed E-state index contributed by atoms with van der Waals surface area (Å²) < 4.78 is 18.6. The highest BCUT2D eigenvalue weighted by atomic mass is 19.1. The van der Waals surface area contributed by atoms with Gasteiger partial charge in [-0.05, 0) is 11.6 Å². The van der Waals surface area contributed by atoms with Crippen LogP contribution in [-0.4, -0.2) is 31.2 Å². The van der Waals surface area contributed by atoms with Crippen LogP contribution in [0.25, 0.3) is 0 Å². The number of hydrogen-bond donors (Lipinski definition) is 1. The van der Waals surface area contributed by atoms with Crippen LogP contribution in [0, 0.1) is 5.82 Å². The largest absolute Gasteiger partial charge is 0.379 e. The fourth-order valence-electron chi connectivity index (χ4n) is 2.02. The molecule has 1 fully saturated rings. The van der Waals surface area contributed by atoms with Crippen LogP contribution in [0.3, 0.4) is 0 Å². The van der Waals surface area contributed by atoms with Crippen LogP contribution in [0.15, 0.2) is 18.2 Å². The minimum Gasteiger partial charge on any atom is -0.379 e. The average molecular weight is 224 g/mol. The summed E-state index contributed by atoms with van der Waals surface area (Å²) in [5.41, 5.74) is 7.17. The second-order valence-electron chi connectivity index (χ2n) is 4.13.